The molecule has 3 aromatic rings. The third-order valence-electron chi connectivity index (χ3n) is 4.64. The summed E-state index contributed by atoms with van der Waals surface area (Å²) in [6, 6.07) is 13.3. The highest BCUT2D eigenvalue weighted by Crippen LogP contribution is 2.35. The van der Waals surface area contributed by atoms with E-state index in [9.17, 15) is 19.0 Å². The van der Waals surface area contributed by atoms with Crippen molar-refractivity contribution in [1.82, 2.24) is 4.98 Å². The number of aromatic nitrogens is 1. The molecule has 2 aromatic carbocycles. The lowest BCUT2D eigenvalue weighted by molar-refractivity contribution is 0.182. The van der Waals surface area contributed by atoms with Crippen LogP contribution in [0.5, 0.6) is 5.75 Å². The van der Waals surface area contributed by atoms with Crippen LogP contribution in [0.2, 0.25) is 0 Å². The molecule has 0 spiro atoms. The van der Waals surface area contributed by atoms with Crippen LogP contribution in [-0.4, -0.2) is 21.3 Å². The van der Waals surface area contributed by atoms with E-state index >= 15 is 0 Å². The first-order chi connectivity index (χ1) is 14.0. The Morgan fingerprint density at radius 1 is 0.966 bits per heavy atom. The molecule has 0 bridgehead atoms. The zero-order chi connectivity index (χ0) is 20.8. The Kier molecular flexibility index (Phi) is 6.73. The normalized spacial score (nSPS) is 12.4. The summed E-state index contributed by atoms with van der Waals surface area (Å²) in [6.07, 6.45) is 8.03. The lowest BCUT2D eigenvalue weighted by Crippen LogP contribution is -1.97. The topological polar surface area (TPSA) is 53.4 Å². The number of hydrogen-bond donors (Lipinski definition) is 2. The van der Waals surface area contributed by atoms with E-state index < -0.39 is 17.4 Å². The third-order valence-corrected chi connectivity index (χ3v) is 4.64. The van der Waals surface area contributed by atoms with Gasteiger partial charge in [0, 0.05) is 17.3 Å². The number of unbranched alkanes of at least 4 members (excludes halogenated alkanes) is 1. The van der Waals surface area contributed by atoms with Gasteiger partial charge < -0.3 is 10.2 Å². The number of nitrogens with zero attached hydrogens (tertiary/aromatic N) is 1. The summed E-state index contributed by atoms with van der Waals surface area (Å²) in [5, 5.41) is 18.6. The molecule has 5 heteroatoms. The van der Waals surface area contributed by atoms with Crippen LogP contribution >= 0.6 is 0 Å². The van der Waals surface area contributed by atoms with Crippen LogP contribution in [0, 0.1) is 11.6 Å². The molecule has 0 aliphatic heterocycles. The fourth-order valence-corrected chi connectivity index (χ4v) is 3.10. The highest BCUT2D eigenvalue weighted by atomic mass is 19.2. The predicted molar refractivity (Wildman–Crippen MR) is 111 cm³/mol. The SMILES string of the molecule is CC(O)CCCC=Cc1ccc(-c2ccccc2-c2ccc(O)c(F)c2F)nc1. The molecule has 0 amide bonds. The van der Waals surface area contributed by atoms with Gasteiger partial charge in [-0.2, -0.15) is 4.39 Å². The molecule has 0 aliphatic carbocycles. The summed E-state index contributed by atoms with van der Waals surface area (Å²) in [5.41, 5.74) is 2.81. The van der Waals surface area contributed by atoms with Crippen LogP contribution in [0.15, 0.2) is 60.8 Å². The Labute approximate surface area is 169 Å². The molecule has 0 saturated carbocycles. The Morgan fingerprint density at radius 3 is 2.41 bits per heavy atom. The Hall–Kier alpha value is -3.05. The Bertz CT molecular complexity index is 998. The fraction of sp³-hybridized carbons (Fsp3) is 0.208. The van der Waals surface area contributed by atoms with Crippen LogP contribution < -0.4 is 0 Å². The van der Waals surface area contributed by atoms with Crippen molar-refractivity contribution in [3.8, 4) is 28.1 Å². The maximum atomic E-state index is 14.4. The minimum Gasteiger partial charge on any atom is -0.505 e. The summed E-state index contributed by atoms with van der Waals surface area (Å²) < 4.78 is 28.2. The fourth-order valence-electron chi connectivity index (χ4n) is 3.10. The van der Waals surface area contributed by atoms with Gasteiger partial charge in [-0.25, -0.2) is 4.39 Å². The molecule has 0 saturated heterocycles. The minimum absolute atomic E-state index is 0.0692. The second-order valence-electron chi connectivity index (χ2n) is 6.96. The maximum Gasteiger partial charge on any atom is 0.200 e. The van der Waals surface area contributed by atoms with E-state index in [1.54, 1.807) is 31.3 Å². The lowest BCUT2D eigenvalue weighted by atomic mass is 9.96. The van der Waals surface area contributed by atoms with Crippen molar-refractivity contribution in [2.75, 3.05) is 0 Å². The van der Waals surface area contributed by atoms with Gasteiger partial charge in [0.05, 0.1) is 11.8 Å². The standard InChI is InChI=1S/C24H23F2NO2/c1-16(28)7-3-2-4-8-17-11-13-21(27-15-17)19-10-6-5-9-18(19)20-12-14-22(29)24(26)23(20)25/h4-6,8-16,28-29H,2-3,7H2,1H3. The average molecular weight is 395 g/mol. The van der Waals surface area contributed by atoms with Crippen LogP contribution in [0.1, 0.15) is 31.7 Å². The van der Waals surface area contributed by atoms with Crippen molar-refractivity contribution in [2.24, 2.45) is 0 Å². The molecule has 3 rings (SSSR count). The zero-order valence-corrected chi connectivity index (χ0v) is 16.1. The Balaban J connectivity index is 1.84. The number of benzene rings is 2. The van der Waals surface area contributed by atoms with Gasteiger partial charge in [0.15, 0.2) is 11.6 Å². The quantitative estimate of drug-likeness (QED) is 0.485. The highest BCUT2D eigenvalue weighted by Gasteiger charge is 2.17. The van der Waals surface area contributed by atoms with E-state index in [4.69, 9.17) is 0 Å². The number of pyridine rings is 1. The predicted octanol–water partition coefficient (Wildman–Crippen LogP) is 5.96. The van der Waals surface area contributed by atoms with Gasteiger partial charge in [-0.15, -0.1) is 0 Å². The first-order valence-electron chi connectivity index (χ1n) is 9.54. The smallest absolute Gasteiger partial charge is 0.200 e. The lowest BCUT2D eigenvalue weighted by Gasteiger charge is -2.11. The molecule has 0 fully saturated rings. The number of phenolic OH excluding ortho intramolecular Hbond substituents is 1. The van der Waals surface area contributed by atoms with E-state index in [0.717, 1.165) is 30.9 Å². The number of aromatic hydroxyl groups is 1. The van der Waals surface area contributed by atoms with Crippen molar-refractivity contribution in [1.29, 1.82) is 0 Å². The molecule has 29 heavy (non-hydrogen) atoms. The molecular formula is C24H23F2NO2. The molecule has 0 aliphatic rings. The van der Waals surface area contributed by atoms with Gasteiger partial charge in [-0.05, 0) is 55.5 Å². The molecular weight excluding hydrogens is 372 g/mol. The molecule has 3 nitrogen and oxygen atoms in total. The van der Waals surface area contributed by atoms with Gasteiger partial charge in [0.2, 0.25) is 5.82 Å². The number of rotatable bonds is 7. The second kappa shape index (κ2) is 9.43. The van der Waals surface area contributed by atoms with Crippen molar-refractivity contribution in [3.05, 3.63) is 78.0 Å². The summed E-state index contributed by atoms with van der Waals surface area (Å²) in [7, 11) is 0. The largest absolute Gasteiger partial charge is 0.505 e. The van der Waals surface area contributed by atoms with E-state index in [2.05, 4.69) is 4.98 Å². The van der Waals surface area contributed by atoms with Crippen molar-refractivity contribution in [3.63, 3.8) is 0 Å². The highest BCUT2D eigenvalue weighted by molar-refractivity contribution is 5.82. The molecule has 1 heterocycles. The van der Waals surface area contributed by atoms with Crippen molar-refractivity contribution in [2.45, 2.75) is 32.3 Å². The zero-order valence-electron chi connectivity index (χ0n) is 16.1. The molecule has 150 valence electrons. The van der Waals surface area contributed by atoms with Gasteiger partial charge in [-0.3, -0.25) is 4.98 Å². The summed E-state index contributed by atoms with van der Waals surface area (Å²) in [4.78, 5) is 4.48. The van der Waals surface area contributed by atoms with Crippen molar-refractivity contribution >= 4 is 6.08 Å². The molecule has 0 radical (unpaired) electrons. The first kappa shape index (κ1) is 20.7. The van der Waals surface area contributed by atoms with Crippen LogP contribution in [0.25, 0.3) is 28.5 Å². The molecule has 1 aromatic heterocycles. The Morgan fingerprint density at radius 2 is 1.72 bits per heavy atom. The number of phenols is 1. The third kappa shape index (κ3) is 5.06. The van der Waals surface area contributed by atoms with Crippen LogP contribution in [-0.2, 0) is 0 Å². The van der Waals surface area contributed by atoms with E-state index in [1.165, 1.54) is 6.07 Å². The molecule has 2 N–H and O–H groups in total. The van der Waals surface area contributed by atoms with E-state index in [1.807, 2.05) is 30.4 Å². The number of halogens is 2. The monoisotopic (exact) mass is 395 g/mol. The molecule has 1 unspecified atom stereocenters. The van der Waals surface area contributed by atoms with Gasteiger partial charge in [0.1, 0.15) is 0 Å². The van der Waals surface area contributed by atoms with Gasteiger partial charge in [-0.1, -0.05) is 42.5 Å². The average Bonchev–Trinajstić information content (AvgIpc) is 2.72. The van der Waals surface area contributed by atoms with Gasteiger partial charge in [0.25, 0.3) is 0 Å². The number of allylic oxidation sites excluding steroid dienone is 1. The van der Waals surface area contributed by atoms with Crippen LogP contribution in [0.4, 0.5) is 8.78 Å². The number of aliphatic hydroxyl groups is 1. The minimum atomic E-state index is -1.26. The van der Waals surface area contributed by atoms with E-state index in [-0.39, 0.29) is 11.7 Å². The van der Waals surface area contributed by atoms with E-state index in [0.29, 0.717) is 16.8 Å². The first-order valence-corrected chi connectivity index (χ1v) is 9.54. The number of hydrogen-bond acceptors (Lipinski definition) is 3. The molecule has 1 atom stereocenters. The summed E-state index contributed by atoms with van der Waals surface area (Å²) in [5.74, 6) is -3.07. The van der Waals surface area contributed by atoms with Crippen molar-refractivity contribution < 1.29 is 19.0 Å². The van der Waals surface area contributed by atoms with Gasteiger partial charge >= 0.3 is 0 Å². The summed E-state index contributed by atoms with van der Waals surface area (Å²) in [6.45, 7) is 1.78. The van der Waals surface area contributed by atoms with Crippen LogP contribution in [0.3, 0.4) is 0 Å². The maximum absolute atomic E-state index is 14.4. The second-order valence-corrected chi connectivity index (χ2v) is 6.96. The number of aliphatic hydroxyl groups excluding tert-OH is 1. The summed E-state index contributed by atoms with van der Waals surface area (Å²) >= 11 is 0.